The number of hydrogen-bond acceptors (Lipinski definition) is 4. The van der Waals surface area contributed by atoms with Crippen molar-refractivity contribution in [1.82, 2.24) is 19.6 Å². The molecule has 8 heteroatoms. The molecule has 2 aliphatic heterocycles. The molecule has 1 aromatic heterocycles. The van der Waals surface area contributed by atoms with Crippen molar-refractivity contribution in [3.8, 4) is 0 Å². The third kappa shape index (κ3) is 4.78. The summed E-state index contributed by atoms with van der Waals surface area (Å²) in [7, 11) is 0. The van der Waals surface area contributed by atoms with E-state index < -0.39 is 0 Å². The summed E-state index contributed by atoms with van der Waals surface area (Å²) >= 11 is 0. The first-order valence-corrected chi connectivity index (χ1v) is 12.1. The number of aryl methyl sites for hydroxylation is 3. The zero-order valence-corrected chi connectivity index (χ0v) is 20.2. The van der Waals surface area contributed by atoms with Crippen LogP contribution in [0.3, 0.4) is 0 Å². The van der Waals surface area contributed by atoms with Crippen LogP contribution in [-0.2, 0) is 13.1 Å². The lowest BCUT2D eigenvalue weighted by atomic mass is 10.1. The number of halogens is 1. The van der Waals surface area contributed by atoms with Crippen LogP contribution in [0.2, 0.25) is 0 Å². The van der Waals surface area contributed by atoms with Crippen LogP contribution < -0.4 is 4.90 Å². The van der Waals surface area contributed by atoms with E-state index in [0.717, 1.165) is 25.1 Å². The van der Waals surface area contributed by atoms with Gasteiger partial charge in [0.2, 0.25) is 0 Å². The van der Waals surface area contributed by atoms with Gasteiger partial charge in [0.15, 0.2) is 5.69 Å². The van der Waals surface area contributed by atoms with Crippen molar-refractivity contribution < 1.29 is 14.0 Å². The van der Waals surface area contributed by atoms with E-state index in [1.807, 2.05) is 11.0 Å². The molecular formula is C27H30FN5O2. The smallest absolute Gasteiger partial charge is 0.274 e. The third-order valence-corrected chi connectivity index (χ3v) is 6.84. The Balaban J connectivity index is 1.27. The van der Waals surface area contributed by atoms with E-state index in [1.54, 1.807) is 21.7 Å². The summed E-state index contributed by atoms with van der Waals surface area (Å²) in [5.74, 6) is -0.644. The summed E-state index contributed by atoms with van der Waals surface area (Å²) in [5, 5.41) is 4.50. The average molecular weight is 476 g/mol. The Hall–Kier alpha value is -3.68. The number of aromatic nitrogens is 2. The van der Waals surface area contributed by atoms with Crippen LogP contribution in [0.25, 0.3) is 0 Å². The van der Waals surface area contributed by atoms with E-state index in [1.165, 1.54) is 28.9 Å². The summed E-state index contributed by atoms with van der Waals surface area (Å²) in [5.41, 5.74) is 5.13. The monoisotopic (exact) mass is 475 g/mol. The molecule has 2 aliphatic rings. The summed E-state index contributed by atoms with van der Waals surface area (Å²) in [6, 6.07) is 14.4. The molecule has 0 spiro atoms. The summed E-state index contributed by atoms with van der Waals surface area (Å²) < 4.78 is 15.2. The molecule has 0 aliphatic carbocycles. The number of fused-ring (bicyclic) bond motifs is 1. The van der Waals surface area contributed by atoms with Gasteiger partial charge >= 0.3 is 0 Å². The highest BCUT2D eigenvalue weighted by molar-refractivity contribution is 5.98. The maximum absolute atomic E-state index is 13.6. The minimum absolute atomic E-state index is 0.143. The van der Waals surface area contributed by atoms with E-state index in [4.69, 9.17) is 0 Å². The van der Waals surface area contributed by atoms with Crippen molar-refractivity contribution in [2.24, 2.45) is 0 Å². The van der Waals surface area contributed by atoms with Crippen LogP contribution in [0.5, 0.6) is 0 Å². The number of rotatable bonds is 4. The summed E-state index contributed by atoms with van der Waals surface area (Å²) in [6.45, 7) is 8.36. The van der Waals surface area contributed by atoms with E-state index in [9.17, 15) is 14.0 Å². The van der Waals surface area contributed by atoms with E-state index in [0.29, 0.717) is 44.1 Å². The molecule has 3 aromatic rings. The molecule has 182 valence electrons. The number of amides is 2. The number of anilines is 1. The standard InChI is InChI=1S/C27H30FN5O2/c1-19-7-8-20(2)24(15-19)30-11-13-31(14-12-30)26(34)23-17-25-27(35)32(9-4-10-33(25)29-23)18-21-5-3-6-22(28)16-21/h3,5-8,15-17H,4,9-14,18H2,1-2H3. The fourth-order valence-electron chi connectivity index (χ4n) is 4.92. The highest BCUT2D eigenvalue weighted by Gasteiger charge is 2.29. The molecule has 0 N–H and O–H groups in total. The molecule has 1 saturated heterocycles. The number of nitrogens with zero attached hydrogens (tertiary/aromatic N) is 5. The molecule has 0 radical (unpaired) electrons. The van der Waals surface area contributed by atoms with E-state index >= 15 is 0 Å². The number of carbonyl (C=O) groups is 2. The Labute approximate surface area is 204 Å². The van der Waals surface area contributed by atoms with Gasteiger partial charge in [-0.05, 0) is 55.2 Å². The van der Waals surface area contributed by atoms with E-state index in [-0.39, 0.29) is 17.6 Å². The second-order valence-corrected chi connectivity index (χ2v) is 9.42. The Morgan fingerprint density at radius 3 is 2.54 bits per heavy atom. The normalized spacial score (nSPS) is 16.3. The van der Waals surface area contributed by atoms with Gasteiger partial charge in [-0.15, -0.1) is 0 Å². The van der Waals surface area contributed by atoms with Gasteiger partial charge in [-0.25, -0.2) is 4.39 Å². The van der Waals surface area contributed by atoms with Crippen LogP contribution in [0.15, 0.2) is 48.5 Å². The molecule has 2 amide bonds. The molecule has 3 heterocycles. The molecule has 0 bridgehead atoms. The Bertz CT molecular complexity index is 1260. The lowest BCUT2D eigenvalue weighted by Crippen LogP contribution is -2.49. The SMILES string of the molecule is Cc1ccc(C)c(N2CCN(C(=O)c3cc4n(n3)CCCN(Cc3cccc(F)c3)C4=O)CC2)c1. The highest BCUT2D eigenvalue weighted by Crippen LogP contribution is 2.24. The average Bonchev–Trinajstić information content (AvgIpc) is 3.22. The molecule has 7 nitrogen and oxygen atoms in total. The minimum atomic E-state index is -0.319. The minimum Gasteiger partial charge on any atom is -0.368 e. The molecule has 1 fully saturated rings. The molecule has 35 heavy (non-hydrogen) atoms. The molecule has 0 unspecified atom stereocenters. The van der Waals surface area contributed by atoms with Gasteiger partial charge in [0.1, 0.15) is 11.5 Å². The van der Waals surface area contributed by atoms with Gasteiger partial charge in [0, 0.05) is 57.6 Å². The number of piperazine rings is 1. The number of carbonyl (C=O) groups excluding carboxylic acids is 2. The number of hydrogen-bond donors (Lipinski definition) is 0. The van der Waals surface area contributed by atoms with Crippen molar-refractivity contribution in [2.75, 3.05) is 37.6 Å². The Morgan fingerprint density at radius 2 is 1.77 bits per heavy atom. The molecule has 0 saturated carbocycles. The third-order valence-electron chi connectivity index (χ3n) is 6.84. The van der Waals surface area contributed by atoms with Crippen LogP contribution in [-0.4, -0.2) is 64.1 Å². The molecule has 2 aromatic carbocycles. The Kier molecular flexibility index (Phi) is 6.28. The summed E-state index contributed by atoms with van der Waals surface area (Å²) in [4.78, 5) is 32.3. The van der Waals surface area contributed by atoms with Gasteiger partial charge < -0.3 is 14.7 Å². The predicted octanol–water partition coefficient (Wildman–Crippen LogP) is 3.65. The largest absolute Gasteiger partial charge is 0.368 e. The van der Waals surface area contributed by atoms with Gasteiger partial charge in [-0.3, -0.25) is 14.3 Å². The van der Waals surface area contributed by atoms with Crippen molar-refractivity contribution >= 4 is 17.5 Å². The predicted molar refractivity (Wildman–Crippen MR) is 132 cm³/mol. The first-order chi connectivity index (χ1) is 16.9. The van der Waals surface area contributed by atoms with Crippen molar-refractivity contribution in [2.45, 2.75) is 33.4 Å². The van der Waals surface area contributed by atoms with Crippen LogP contribution >= 0.6 is 0 Å². The first kappa shape index (κ1) is 23.1. The fraction of sp³-hybridized carbons (Fsp3) is 0.370. The van der Waals surface area contributed by atoms with E-state index in [2.05, 4.69) is 42.0 Å². The second kappa shape index (κ2) is 9.52. The van der Waals surface area contributed by atoms with Gasteiger partial charge in [-0.1, -0.05) is 24.3 Å². The lowest BCUT2D eigenvalue weighted by Gasteiger charge is -2.36. The molecule has 5 rings (SSSR count). The van der Waals surface area contributed by atoms with Gasteiger partial charge in [-0.2, -0.15) is 5.10 Å². The van der Waals surface area contributed by atoms with Gasteiger partial charge in [0.25, 0.3) is 11.8 Å². The second-order valence-electron chi connectivity index (χ2n) is 9.42. The van der Waals surface area contributed by atoms with Crippen molar-refractivity contribution in [3.05, 3.63) is 82.4 Å². The zero-order chi connectivity index (χ0) is 24.5. The number of benzene rings is 2. The quantitative estimate of drug-likeness (QED) is 0.578. The lowest BCUT2D eigenvalue weighted by molar-refractivity contribution is 0.0738. The maximum atomic E-state index is 13.6. The van der Waals surface area contributed by atoms with Gasteiger partial charge in [0.05, 0.1) is 0 Å². The van der Waals surface area contributed by atoms with Crippen LogP contribution in [0.4, 0.5) is 10.1 Å². The molecular weight excluding hydrogens is 445 g/mol. The Morgan fingerprint density at radius 1 is 0.971 bits per heavy atom. The first-order valence-electron chi connectivity index (χ1n) is 12.1. The van der Waals surface area contributed by atoms with Crippen molar-refractivity contribution in [1.29, 1.82) is 0 Å². The summed E-state index contributed by atoms with van der Waals surface area (Å²) in [6.07, 6.45) is 0.720. The highest BCUT2D eigenvalue weighted by atomic mass is 19.1. The maximum Gasteiger partial charge on any atom is 0.274 e. The topological polar surface area (TPSA) is 61.7 Å². The zero-order valence-electron chi connectivity index (χ0n) is 20.2. The molecule has 0 atom stereocenters. The fourth-order valence-corrected chi connectivity index (χ4v) is 4.92. The van der Waals surface area contributed by atoms with Crippen LogP contribution in [0, 0.1) is 19.7 Å². The van der Waals surface area contributed by atoms with Crippen molar-refractivity contribution in [3.63, 3.8) is 0 Å². The van der Waals surface area contributed by atoms with Crippen LogP contribution in [0.1, 0.15) is 44.1 Å².